The summed E-state index contributed by atoms with van der Waals surface area (Å²) in [5.41, 5.74) is 11.4. The first-order valence-corrected chi connectivity index (χ1v) is 10.3. The van der Waals surface area contributed by atoms with Crippen LogP contribution in [0.5, 0.6) is 5.75 Å². The molecule has 0 radical (unpaired) electrons. The van der Waals surface area contributed by atoms with Crippen molar-refractivity contribution in [2.24, 2.45) is 16.6 Å². The van der Waals surface area contributed by atoms with E-state index in [2.05, 4.69) is 45.5 Å². The fourth-order valence-electron chi connectivity index (χ4n) is 4.39. The predicted octanol–water partition coefficient (Wildman–Crippen LogP) is 4.45. The fourth-order valence-corrected chi connectivity index (χ4v) is 4.39. The summed E-state index contributed by atoms with van der Waals surface area (Å²) in [5, 5.41) is 3.35. The molecular weight excluding hydrogens is 475 g/mol. The number of rotatable bonds is 5. The third kappa shape index (κ3) is 5.15. The smallest absolute Gasteiger partial charge is 0.193 e. The van der Waals surface area contributed by atoms with Gasteiger partial charge in [0, 0.05) is 25.3 Å². The summed E-state index contributed by atoms with van der Waals surface area (Å²) in [7, 11) is 1.73. The summed E-state index contributed by atoms with van der Waals surface area (Å²) in [6, 6.07) is 14.7. The van der Waals surface area contributed by atoms with Gasteiger partial charge in [-0.2, -0.15) is 0 Å². The van der Waals surface area contributed by atoms with Crippen molar-refractivity contribution in [3.63, 3.8) is 0 Å². The molecule has 0 aromatic heterocycles. The number of nitrogens with one attached hydrogen (secondary N) is 1. The number of halogens is 1. The molecule has 4 rings (SSSR count). The van der Waals surface area contributed by atoms with Gasteiger partial charge < -0.3 is 20.7 Å². The largest absolute Gasteiger partial charge is 0.495 e. The highest BCUT2D eigenvalue weighted by Crippen LogP contribution is 2.32. The highest BCUT2D eigenvalue weighted by atomic mass is 127. The number of fused-ring (bicyclic) bond motifs is 1. The Bertz CT molecular complexity index is 855. The average molecular weight is 506 g/mol. The molecule has 0 saturated carbocycles. The third-order valence-electron chi connectivity index (χ3n) is 5.89. The van der Waals surface area contributed by atoms with Crippen LogP contribution >= 0.6 is 24.0 Å². The number of anilines is 2. The lowest BCUT2D eigenvalue weighted by Crippen LogP contribution is -2.26. The molecule has 29 heavy (non-hydrogen) atoms. The Balaban J connectivity index is 0.00000240. The fraction of sp³-hybridized carbons (Fsp3) is 0.435. The molecule has 1 atom stereocenters. The van der Waals surface area contributed by atoms with Crippen molar-refractivity contribution >= 4 is 41.3 Å². The van der Waals surface area contributed by atoms with Crippen molar-refractivity contribution < 1.29 is 4.74 Å². The molecule has 0 spiro atoms. The first-order chi connectivity index (χ1) is 13.7. The predicted molar refractivity (Wildman–Crippen MR) is 132 cm³/mol. The van der Waals surface area contributed by atoms with Crippen LogP contribution < -0.4 is 20.7 Å². The topological polar surface area (TPSA) is 62.9 Å². The molecule has 1 aliphatic carbocycles. The molecule has 2 aromatic rings. The van der Waals surface area contributed by atoms with Crippen LogP contribution in [0, 0.1) is 5.92 Å². The summed E-state index contributed by atoms with van der Waals surface area (Å²) in [5.74, 6) is 1.96. The van der Waals surface area contributed by atoms with Gasteiger partial charge in [-0.15, -0.1) is 24.0 Å². The van der Waals surface area contributed by atoms with Crippen molar-refractivity contribution in [1.29, 1.82) is 0 Å². The summed E-state index contributed by atoms with van der Waals surface area (Å²) in [6.07, 6.45) is 5.95. The molecule has 1 aliphatic heterocycles. The number of para-hydroxylation sites is 2. The number of nitrogens with two attached hydrogens (primary N) is 1. The SMILES string of the molecule is COc1ccccc1N1CCC(CN=C(N)Nc2cccc3c2CCCC3)C1.I. The summed E-state index contributed by atoms with van der Waals surface area (Å²) >= 11 is 0. The van der Waals surface area contributed by atoms with Gasteiger partial charge in [-0.3, -0.25) is 4.99 Å². The molecule has 3 N–H and O–H groups in total. The number of methoxy groups -OCH3 is 1. The van der Waals surface area contributed by atoms with E-state index in [1.807, 2.05) is 12.1 Å². The average Bonchev–Trinajstić information content (AvgIpc) is 3.21. The van der Waals surface area contributed by atoms with E-state index in [4.69, 9.17) is 10.5 Å². The molecule has 5 nitrogen and oxygen atoms in total. The van der Waals surface area contributed by atoms with Crippen molar-refractivity contribution in [2.45, 2.75) is 32.1 Å². The van der Waals surface area contributed by atoms with E-state index in [-0.39, 0.29) is 24.0 Å². The molecule has 0 bridgehead atoms. The van der Waals surface area contributed by atoms with Crippen LogP contribution in [-0.4, -0.2) is 32.7 Å². The van der Waals surface area contributed by atoms with E-state index >= 15 is 0 Å². The van der Waals surface area contributed by atoms with Crippen LogP contribution in [0.2, 0.25) is 0 Å². The van der Waals surface area contributed by atoms with Gasteiger partial charge in [0.1, 0.15) is 5.75 Å². The first kappa shape index (κ1) is 21.7. The van der Waals surface area contributed by atoms with Gasteiger partial charge in [0.25, 0.3) is 0 Å². The minimum absolute atomic E-state index is 0. The van der Waals surface area contributed by atoms with Crippen LogP contribution in [0.1, 0.15) is 30.4 Å². The number of hydrogen-bond donors (Lipinski definition) is 2. The lowest BCUT2D eigenvalue weighted by atomic mass is 9.90. The summed E-state index contributed by atoms with van der Waals surface area (Å²) in [6.45, 7) is 2.76. The Morgan fingerprint density at radius 1 is 1.17 bits per heavy atom. The number of aliphatic imine (C=N–C) groups is 1. The zero-order valence-electron chi connectivity index (χ0n) is 17.1. The van der Waals surface area contributed by atoms with E-state index in [1.54, 1.807) is 7.11 Å². The van der Waals surface area contributed by atoms with Gasteiger partial charge in [-0.1, -0.05) is 24.3 Å². The lowest BCUT2D eigenvalue weighted by molar-refractivity contribution is 0.414. The Morgan fingerprint density at radius 3 is 2.86 bits per heavy atom. The van der Waals surface area contributed by atoms with Crippen molar-refractivity contribution in [1.82, 2.24) is 0 Å². The maximum Gasteiger partial charge on any atom is 0.193 e. The highest BCUT2D eigenvalue weighted by molar-refractivity contribution is 14.0. The van der Waals surface area contributed by atoms with Crippen molar-refractivity contribution in [2.75, 3.05) is 37.0 Å². The van der Waals surface area contributed by atoms with Gasteiger partial charge in [0.05, 0.1) is 12.8 Å². The minimum Gasteiger partial charge on any atom is -0.495 e. The zero-order valence-corrected chi connectivity index (χ0v) is 19.4. The van der Waals surface area contributed by atoms with Gasteiger partial charge in [-0.25, -0.2) is 0 Å². The highest BCUT2D eigenvalue weighted by Gasteiger charge is 2.24. The molecule has 1 heterocycles. The zero-order chi connectivity index (χ0) is 19.3. The molecule has 1 unspecified atom stereocenters. The lowest BCUT2D eigenvalue weighted by Gasteiger charge is -2.21. The molecule has 1 fully saturated rings. The molecule has 2 aromatic carbocycles. The molecule has 0 amide bonds. The summed E-state index contributed by atoms with van der Waals surface area (Å²) in [4.78, 5) is 7.03. The van der Waals surface area contributed by atoms with Gasteiger partial charge in [0.15, 0.2) is 5.96 Å². The molecule has 2 aliphatic rings. The van der Waals surface area contributed by atoms with Crippen molar-refractivity contribution in [3.05, 3.63) is 53.6 Å². The normalized spacial score (nSPS) is 18.7. The molecular formula is C23H31IN4O. The maximum absolute atomic E-state index is 6.21. The van der Waals surface area contributed by atoms with Crippen molar-refractivity contribution in [3.8, 4) is 5.75 Å². The Hall–Kier alpha value is -1.96. The molecule has 6 heteroatoms. The monoisotopic (exact) mass is 506 g/mol. The first-order valence-electron chi connectivity index (χ1n) is 10.3. The minimum atomic E-state index is 0. The molecule has 1 saturated heterocycles. The van der Waals surface area contributed by atoms with Crippen LogP contribution in [0.25, 0.3) is 0 Å². The molecule has 156 valence electrons. The van der Waals surface area contributed by atoms with Crippen LogP contribution in [0.4, 0.5) is 11.4 Å². The number of nitrogens with zero attached hydrogens (tertiary/aromatic N) is 2. The van der Waals surface area contributed by atoms with E-state index in [0.717, 1.165) is 43.9 Å². The second kappa shape index (κ2) is 10.2. The van der Waals surface area contributed by atoms with E-state index < -0.39 is 0 Å². The van der Waals surface area contributed by atoms with Crippen LogP contribution in [0.3, 0.4) is 0 Å². The Labute approximate surface area is 190 Å². The van der Waals surface area contributed by atoms with E-state index in [0.29, 0.717) is 11.9 Å². The standard InChI is InChI=1S/C23H30N4O.HI/c1-28-22-12-5-4-11-21(22)27-14-13-17(16-27)15-25-23(24)26-20-10-6-8-18-7-2-3-9-19(18)20;/h4-6,8,10-12,17H,2-3,7,9,13-16H2,1H3,(H3,24,25,26);1H. The van der Waals surface area contributed by atoms with Gasteiger partial charge in [-0.05, 0) is 67.3 Å². The summed E-state index contributed by atoms with van der Waals surface area (Å²) < 4.78 is 5.50. The van der Waals surface area contributed by atoms with Gasteiger partial charge in [0.2, 0.25) is 0 Å². The van der Waals surface area contributed by atoms with Crippen LogP contribution in [-0.2, 0) is 12.8 Å². The Morgan fingerprint density at radius 2 is 2.00 bits per heavy atom. The van der Waals surface area contributed by atoms with E-state index in [9.17, 15) is 0 Å². The Kier molecular flexibility index (Phi) is 7.64. The number of hydrogen-bond acceptors (Lipinski definition) is 3. The van der Waals surface area contributed by atoms with Crippen LogP contribution in [0.15, 0.2) is 47.5 Å². The maximum atomic E-state index is 6.21. The number of ether oxygens (including phenoxy) is 1. The second-order valence-electron chi connectivity index (χ2n) is 7.77. The van der Waals surface area contributed by atoms with Gasteiger partial charge >= 0.3 is 0 Å². The second-order valence-corrected chi connectivity index (χ2v) is 7.77. The third-order valence-corrected chi connectivity index (χ3v) is 5.89. The quantitative estimate of drug-likeness (QED) is 0.358. The van der Waals surface area contributed by atoms with E-state index in [1.165, 1.54) is 36.1 Å². The number of aryl methyl sites for hydroxylation is 1. The number of guanidine groups is 1. The number of benzene rings is 2.